The minimum absolute atomic E-state index is 0.150. The molecule has 2 amide bonds. The lowest BCUT2D eigenvalue weighted by Gasteiger charge is -2.39. The van der Waals surface area contributed by atoms with Crippen molar-refractivity contribution in [2.24, 2.45) is 0 Å². The quantitative estimate of drug-likeness (QED) is 0.901. The van der Waals surface area contributed by atoms with Crippen molar-refractivity contribution in [2.75, 3.05) is 0 Å². The smallest absolute Gasteiger partial charge is 0.331 e. The Balaban J connectivity index is 2.10. The van der Waals surface area contributed by atoms with Crippen LogP contribution in [0.2, 0.25) is 0 Å². The molecule has 2 rings (SSSR count). The van der Waals surface area contributed by atoms with E-state index in [2.05, 4.69) is 5.32 Å². The fourth-order valence-electron chi connectivity index (χ4n) is 2.73. The number of likely N-dealkylation sites (tertiary alicyclic amines) is 1. The SMILES string of the molecule is C[C@@H]1CCC[C@H](C)N1C(=O)NC(C(=O)O)c1cccs1. The number of carbonyl (C=O) groups is 2. The summed E-state index contributed by atoms with van der Waals surface area (Å²) in [7, 11) is 0. The summed E-state index contributed by atoms with van der Waals surface area (Å²) in [6.07, 6.45) is 3.04. The fraction of sp³-hybridized carbons (Fsp3) is 0.571. The normalized spacial score (nSPS) is 24.2. The van der Waals surface area contributed by atoms with Gasteiger partial charge in [-0.15, -0.1) is 11.3 Å². The number of carboxylic acids is 1. The van der Waals surface area contributed by atoms with Gasteiger partial charge in [0.15, 0.2) is 6.04 Å². The van der Waals surface area contributed by atoms with E-state index in [1.807, 2.05) is 19.2 Å². The second-order valence-corrected chi connectivity index (χ2v) is 6.25. The number of piperidine rings is 1. The monoisotopic (exact) mass is 296 g/mol. The minimum atomic E-state index is -1.03. The number of nitrogens with zero attached hydrogens (tertiary/aromatic N) is 1. The highest BCUT2D eigenvalue weighted by atomic mass is 32.1. The fourth-order valence-corrected chi connectivity index (χ4v) is 3.50. The second kappa shape index (κ2) is 6.26. The molecule has 1 aromatic rings. The van der Waals surface area contributed by atoms with E-state index in [1.54, 1.807) is 17.0 Å². The largest absolute Gasteiger partial charge is 0.479 e. The zero-order valence-electron chi connectivity index (χ0n) is 11.7. The second-order valence-electron chi connectivity index (χ2n) is 5.27. The molecule has 1 aliphatic heterocycles. The van der Waals surface area contributed by atoms with E-state index in [0.29, 0.717) is 4.88 Å². The maximum Gasteiger partial charge on any atom is 0.331 e. The Bertz CT molecular complexity index is 465. The molecule has 3 atom stereocenters. The van der Waals surface area contributed by atoms with Gasteiger partial charge in [0.05, 0.1) is 0 Å². The van der Waals surface area contributed by atoms with E-state index in [-0.39, 0.29) is 18.1 Å². The Morgan fingerprint density at radius 1 is 1.40 bits per heavy atom. The molecule has 2 heterocycles. The van der Waals surface area contributed by atoms with Crippen LogP contribution in [-0.2, 0) is 4.79 Å². The van der Waals surface area contributed by atoms with Gasteiger partial charge in [0.2, 0.25) is 0 Å². The molecule has 5 nitrogen and oxygen atoms in total. The molecular formula is C14H20N2O3S. The third-order valence-electron chi connectivity index (χ3n) is 3.77. The first kappa shape index (κ1) is 14.8. The zero-order chi connectivity index (χ0) is 14.7. The number of hydrogen-bond acceptors (Lipinski definition) is 3. The zero-order valence-corrected chi connectivity index (χ0v) is 12.5. The molecule has 0 spiro atoms. The van der Waals surface area contributed by atoms with E-state index in [9.17, 15) is 14.7 Å². The van der Waals surface area contributed by atoms with Crippen molar-refractivity contribution < 1.29 is 14.7 Å². The average Bonchev–Trinajstić information content (AvgIpc) is 2.88. The number of thiophene rings is 1. The van der Waals surface area contributed by atoms with E-state index in [4.69, 9.17) is 0 Å². The average molecular weight is 296 g/mol. The van der Waals surface area contributed by atoms with Crippen molar-refractivity contribution in [3.63, 3.8) is 0 Å². The lowest BCUT2D eigenvalue weighted by Crippen LogP contribution is -2.53. The summed E-state index contributed by atoms with van der Waals surface area (Å²) in [6, 6.07) is 2.56. The summed E-state index contributed by atoms with van der Waals surface area (Å²) in [6.45, 7) is 4.02. The van der Waals surface area contributed by atoms with Gasteiger partial charge in [-0.25, -0.2) is 9.59 Å². The Kier molecular flexibility index (Phi) is 4.65. The number of hydrogen-bond donors (Lipinski definition) is 2. The van der Waals surface area contributed by atoms with Crippen LogP contribution in [0.5, 0.6) is 0 Å². The van der Waals surface area contributed by atoms with Crippen molar-refractivity contribution in [3.8, 4) is 0 Å². The lowest BCUT2D eigenvalue weighted by atomic mass is 9.98. The topological polar surface area (TPSA) is 69.6 Å². The molecule has 1 aliphatic rings. The molecule has 1 fully saturated rings. The number of amides is 2. The highest BCUT2D eigenvalue weighted by Gasteiger charge is 2.32. The lowest BCUT2D eigenvalue weighted by molar-refractivity contribution is -0.139. The summed E-state index contributed by atoms with van der Waals surface area (Å²) in [5.41, 5.74) is 0. The molecule has 20 heavy (non-hydrogen) atoms. The Labute approximate surface area is 122 Å². The molecule has 6 heteroatoms. The molecular weight excluding hydrogens is 276 g/mol. The van der Waals surface area contributed by atoms with Crippen molar-refractivity contribution in [2.45, 2.75) is 51.2 Å². The van der Waals surface area contributed by atoms with Crippen LogP contribution in [-0.4, -0.2) is 34.1 Å². The molecule has 0 radical (unpaired) electrons. The van der Waals surface area contributed by atoms with Crippen LogP contribution >= 0.6 is 11.3 Å². The van der Waals surface area contributed by atoms with Crippen LogP contribution in [0.15, 0.2) is 17.5 Å². The minimum Gasteiger partial charge on any atom is -0.479 e. The Hall–Kier alpha value is -1.56. The van der Waals surface area contributed by atoms with Crippen molar-refractivity contribution in [3.05, 3.63) is 22.4 Å². The number of carbonyl (C=O) groups excluding carboxylic acids is 1. The Morgan fingerprint density at radius 3 is 2.55 bits per heavy atom. The number of nitrogens with one attached hydrogen (secondary N) is 1. The van der Waals surface area contributed by atoms with E-state index in [0.717, 1.165) is 19.3 Å². The van der Waals surface area contributed by atoms with Crippen molar-refractivity contribution in [1.29, 1.82) is 0 Å². The van der Waals surface area contributed by atoms with Crippen LogP contribution in [0.3, 0.4) is 0 Å². The van der Waals surface area contributed by atoms with Crippen molar-refractivity contribution in [1.82, 2.24) is 10.2 Å². The Morgan fingerprint density at radius 2 is 2.05 bits per heavy atom. The van der Waals surface area contributed by atoms with Gasteiger partial charge in [0, 0.05) is 17.0 Å². The predicted octanol–water partition coefficient (Wildman–Crippen LogP) is 2.85. The molecule has 2 N–H and O–H groups in total. The van der Waals surface area contributed by atoms with Gasteiger partial charge in [-0.3, -0.25) is 0 Å². The van der Waals surface area contributed by atoms with Gasteiger partial charge in [0.1, 0.15) is 0 Å². The summed E-state index contributed by atoms with van der Waals surface area (Å²) in [4.78, 5) is 26.2. The summed E-state index contributed by atoms with van der Waals surface area (Å²) < 4.78 is 0. The number of rotatable bonds is 3. The van der Waals surface area contributed by atoms with Gasteiger partial charge < -0.3 is 15.3 Å². The van der Waals surface area contributed by atoms with E-state index in [1.165, 1.54) is 11.3 Å². The highest BCUT2D eigenvalue weighted by molar-refractivity contribution is 7.10. The van der Waals surface area contributed by atoms with Gasteiger partial charge in [-0.2, -0.15) is 0 Å². The first-order valence-corrected chi connectivity index (χ1v) is 7.73. The standard InChI is InChI=1S/C14H20N2O3S/c1-9-5-3-6-10(2)16(9)14(19)15-12(13(17)18)11-7-4-8-20-11/h4,7-10,12H,3,5-6H2,1-2H3,(H,15,19)(H,17,18)/t9-,10+,12?. The number of urea groups is 1. The molecule has 0 aromatic carbocycles. The maximum absolute atomic E-state index is 12.4. The third kappa shape index (κ3) is 3.12. The summed E-state index contributed by atoms with van der Waals surface area (Å²) in [5.74, 6) is -1.03. The van der Waals surface area contributed by atoms with Gasteiger partial charge in [-0.1, -0.05) is 6.07 Å². The van der Waals surface area contributed by atoms with Crippen LogP contribution in [0.4, 0.5) is 4.79 Å². The molecule has 110 valence electrons. The van der Waals surface area contributed by atoms with Crippen LogP contribution in [0.1, 0.15) is 44.0 Å². The molecule has 0 bridgehead atoms. The van der Waals surface area contributed by atoms with E-state index < -0.39 is 12.0 Å². The van der Waals surface area contributed by atoms with Crippen LogP contribution in [0.25, 0.3) is 0 Å². The maximum atomic E-state index is 12.4. The predicted molar refractivity (Wildman–Crippen MR) is 77.8 cm³/mol. The highest BCUT2D eigenvalue weighted by Crippen LogP contribution is 2.24. The van der Waals surface area contributed by atoms with E-state index >= 15 is 0 Å². The van der Waals surface area contributed by atoms with Gasteiger partial charge >= 0.3 is 12.0 Å². The van der Waals surface area contributed by atoms with Crippen LogP contribution in [0, 0.1) is 0 Å². The molecule has 1 unspecified atom stereocenters. The molecule has 0 aliphatic carbocycles. The van der Waals surface area contributed by atoms with Gasteiger partial charge in [0.25, 0.3) is 0 Å². The molecule has 0 saturated carbocycles. The van der Waals surface area contributed by atoms with Crippen LogP contribution < -0.4 is 5.32 Å². The first-order valence-electron chi connectivity index (χ1n) is 6.85. The van der Waals surface area contributed by atoms with Gasteiger partial charge in [-0.05, 0) is 44.6 Å². The summed E-state index contributed by atoms with van der Waals surface area (Å²) >= 11 is 1.34. The number of aliphatic carboxylic acids is 1. The molecule has 1 saturated heterocycles. The third-order valence-corrected chi connectivity index (χ3v) is 4.71. The first-order chi connectivity index (χ1) is 9.50. The number of carboxylic acid groups (broad SMARTS) is 1. The summed E-state index contributed by atoms with van der Waals surface area (Å²) in [5, 5.41) is 13.8. The molecule has 1 aromatic heterocycles. The van der Waals surface area contributed by atoms with Crippen molar-refractivity contribution >= 4 is 23.3 Å².